The van der Waals surface area contributed by atoms with E-state index in [1.165, 1.54) is 11.1 Å². The van der Waals surface area contributed by atoms with Crippen molar-refractivity contribution in [1.82, 2.24) is 9.97 Å². The first-order valence-corrected chi connectivity index (χ1v) is 6.91. The zero-order valence-electron chi connectivity index (χ0n) is 10.2. The summed E-state index contributed by atoms with van der Waals surface area (Å²) in [6.45, 7) is 4.30. The summed E-state index contributed by atoms with van der Waals surface area (Å²) in [6.07, 6.45) is 1.51. The molecule has 1 atom stereocenters. The molecule has 0 saturated carbocycles. The lowest BCUT2D eigenvalue weighted by Crippen LogP contribution is -2.17. The Morgan fingerprint density at radius 2 is 2.22 bits per heavy atom. The molecule has 4 nitrogen and oxygen atoms in total. The molecule has 2 rings (SSSR count). The molecule has 0 radical (unpaired) electrons. The van der Waals surface area contributed by atoms with Gasteiger partial charge in [0.25, 0.3) is 0 Å². The number of nitrogens with two attached hydrogens (primary N) is 1. The smallest absolute Gasteiger partial charge is 0.222 e. The highest BCUT2D eigenvalue weighted by atomic mass is 35.5. The number of hydrogen-bond acceptors (Lipinski definition) is 5. The van der Waals surface area contributed by atoms with Crippen molar-refractivity contribution in [3.63, 3.8) is 0 Å². The van der Waals surface area contributed by atoms with E-state index in [0.29, 0.717) is 16.8 Å². The van der Waals surface area contributed by atoms with Gasteiger partial charge in [-0.05, 0) is 17.4 Å². The Morgan fingerprint density at radius 3 is 2.83 bits per heavy atom. The van der Waals surface area contributed by atoms with E-state index in [1.807, 2.05) is 6.07 Å². The first-order chi connectivity index (χ1) is 8.58. The van der Waals surface area contributed by atoms with Gasteiger partial charge in [0, 0.05) is 4.88 Å². The van der Waals surface area contributed by atoms with Crippen molar-refractivity contribution >= 4 is 34.7 Å². The lowest BCUT2D eigenvalue weighted by Gasteiger charge is -2.22. The predicted molar refractivity (Wildman–Crippen MR) is 77.0 cm³/mol. The third kappa shape index (κ3) is 2.91. The van der Waals surface area contributed by atoms with Crippen LogP contribution in [0, 0.1) is 5.92 Å². The summed E-state index contributed by atoms with van der Waals surface area (Å²) in [7, 11) is 0. The molecule has 0 aliphatic heterocycles. The molecule has 2 aromatic heterocycles. The van der Waals surface area contributed by atoms with Crippen LogP contribution in [0.5, 0.6) is 0 Å². The number of hydrogen-bond donors (Lipinski definition) is 2. The van der Waals surface area contributed by atoms with Crippen molar-refractivity contribution in [3.05, 3.63) is 33.6 Å². The summed E-state index contributed by atoms with van der Waals surface area (Å²) >= 11 is 7.78. The van der Waals surface area contributed by atoms with Gasteiger partial charge in [-0.3, -0.25) is 0 Å². The van der Waals surface area contributed by atoms with Gasteiger partial charge in [0.15, 0.2) is 5.82 Å². The predicted octanol–water partition coefficient (Wildman–Crippen LogP) is 3.58. The summed E-state index contributed by atoms with van der Waals surface area (Å²) in [4.78, 5) is 9.23. The van der Waals surface area contributed by atoms with Gasteiger partial charge in [0.05, 0.1) is 12.2 Å². The maximum atomic E-state index is 6.07. The Kier molecular flexibility index (Phi) is 4.04. The largest absolute Gasteiger partial charge is 0.368 e. The van der Waals surface area contributed by atoms with E-state index in [4.69, 9.17) is 17.3 Å². The lowest BCUT2D eigenvalue weighted by molar-refractivity contribution is 0.552. The molecule has 18 heavy (non-hydrogen) atoms. The minimum Gasteiger partial charge on any atom is -0.368 e. The molecule has 6 heteroatoms. The van der Waals surface area contributed by atoms with Crippen molar-refractivity contribution in [3.8, 4) is 0 Å². The lowest BCUT2D eigenvalue weighted by atomic mass is 10.0. The van der Waals surface area contributed by atoms with E-state index in [-0.39, 0.29) is 12.0 Å². The van der Waals surface area contributed by atoms with E-state index in [1.54, 1.807) is 11.3 Å². The zero-order valence-corrected chi connectivity index (χ0v) is 11.8. The number of nitrogens with zero attached hydrogens (tertiary/aromatic N) is 2. The first-order valence-electron chi connectivity index (χ1n) is 5.66. The number of nitrogens with one attached hydrogen (secondary N) is 1. The first kappa shape index (κ1) is 13.1. The second-order valence-corrected chi connectivity index (χ2v) is 5.69. The van der Waals surface area contributed by atoms with Gasteiger partial charge in [-0.2, -0.15) is 4.98 Å². The summed E-state index contributed by atoms with van der Waals surface area (Å²) in [5, 5.41) is 5.87. The Morgan fingerprint density at radius 1 is 1.44 bits per heavy atom. The SMILES string of the molecule is CC(C)C(Nc1nc(N)ncc1Cl)c1cccs1. The molecular weight excluding hydrogens is 268 g/mol. The van der Waals surface area contributed by atoms with Gasteiger partial charge in [-0.25, -0.2) is 4.98 Å². The maximum Gasteiger partial charge on any atom is 0.222 e. The van der Waals surface area contributed by atoms with Crippen LogP contribution in [0.25, 0.3) is 0 Å². The number of anilines is 2. The summed E-state index contributed by atoms with van der Waals surface area (Å²) in [5.74, 6) is 1.21. The third-order valence-corrected chi connectivity index (χ3v) is 3.80. The molecular formula is C12H15ClN4S. The number of aromatic nitrogens is 2. The summed E-state index contributed by atoms with van der Waals surface area (Å²) < 4.78 is 0. The van der Waals surface area contributed by atoms with Crippen LogP contribution in [0.15, 0.2) is 23.7 Å². The normalized spacial score (nSPS) is 12.7. The Bertz CT molecular complexity index is 513. The quantitative estimate of drug-likeness (QED) is 0.900. The highest BCUT2D eigenvalue weighted by Crippen LogP contribution is 2.31. The standard InChI is InChI=1S/C12H15ClN4S/c1-7(2)10(9-4-3-5-18-9)16-11-8(13)6-15-12(14)17-11/h3-7,10H,1-2H3,(H3,14,15,16,17). The summed E-state index contributed by atoms with van der Waals surface area (Å²) in [6, 6.07) is 4.30. The van der Waals surface area contributed by atoms with Crippen molar-refractivity contribution in [2.75, 3.05) is 11.1 Å². The molecule has 0 aliphatic rings. The van der Waals surface area contributed by atoms with E-state index in [0.717, 1.165) is 0 Å². The molecule has 0 aromatic carbocycles. The Balaban J connectivity index is 2.27. The topological polar surface area (TPSA) is 63.8 Å². The highest BCUT2D eigenvalue weighted by Gasteiger charge is 2.18. The van der Waals surface area contributed by atoms with Crippen LogP contribution in [0.4, 0.5) is 11.8 Å². The Hall–Kier alpha value is -1.33. The fourth-order valence-electron chi connectivity index (χ4n) is 1.66. The van der Waals surface area contributed by atoms with E-state index >= 15 is 0 Å². The minimum absolute atomic E-state index is 0.164. The molecule has 0 fully saturated rings. The molecule has 3 N–H and O–H groups in total. The van der Waals surface area contributed by atoms with Crippen LogP contribution >= 0.6 is 22.9 Å². The van der Waals surface area contributed by atoms with Gasteiger partial charge in [0.1, 0.15) is 5.02 Å². The van der Waals surface area contributed by atoms with E-state index < -0.39 is 0 Å². The molecule has 0 bridgehead atoms. The molecule has 0 spiro atoms. The van der Waals surface area contributed by atoms with Crippen molar-refractivity contribution in [2.24, 2.45) is 5.92 Å². The van der Waals surface area contributed by atoms with Gasteiger partial charge < -0.3 is 11.1 Å². The molecule has 2 aromatic rings. The Labute approximate surface area is 115 Å². The zero-order chi connectivity index (χ0) is 13.1. The van der Waals surface area contributed by atoms with Crippen LogP contribution in [-0.2, 0) is 0 Å². The fraction of sp³-hybridized carbons (Fsp3) is 0.333. The van der Waals surface area contributed by atoms with Crippen molar-refractivity contribution < 1.29 is 0 Å². The summed E-state index contributed by atoms with van der Waals surface area (Å²) in [5.41, 5.74) is 5.58. The average molecular weight is 283 g/mol. The van der Waals surface area contributed by atoms with Crippen LogP contribution in [-0.4, -0.2) is 9.97 Å². The molecule has 0 amide bonds. The van der Waals surface area contributed by atoms with E-state index in [2.05, 4.69) is 40.6 Å². The number of nitrogen functional groups attached to an aromatic ring is 1. The van der Waals surface area contributed by atoms with E-state index in [9.17, 15) is 0 Å². The van der Waals surface area contributed by atoms with Crippen LogP contribution < -0.4 is 11.1 Å². The van der Waals surface area contributed by atoms with Crippen LogP contribution in [0.1, 0.15) is 24.8 Å². The monoisotopic (exact) mass is 282 g/mol. The maximum absolute atomic E-state index is 6.07. The minimum atomic E-state index is 0.164. The number of thiophene rings is 1. The average Bonchev–Trinajstić information content (AvgIpc) is 2.83. The van der Waals surface area contributed by atoms with Crippen molar-refractivity contribution in [2.45, 2.75) is 19.9 Å². The van der Waals surface area contributed by atoms with Gasteiger partial charge in [0.2, 0.25) is 5.95 Å². The fourth-order valence-corrected chi connectivity index (χ4v) is 2.76. The van der Waals surface area contributed by atoms with Crippen LogP contribution in [0.3, 0.4) is 0 Å². The number of rotatable bonds is 4. The second-order valence-electron chi connectivity index (χ2n) is 4.31. The van der Waals surface area contributed by atoms with Crippen LogP contribution in [0.2, 0.25) is 5.02 Å². The van der Waals surface area contributed by atoms with Gasteiger partial charge in [-0.1, -0.05) is 31.5 Å². The molecule has 0 aliphatic carbocycles. The molecule has 1 unspecified atom stereocenters. The van der Waals surface area contributed by atoms with Gasteiger partial charge >= 0.3 is 0 Å². The second kappa shape index (κ2) is 5.54. The molecule has 96 valence electrons. The van der Waals surface area contributed by atoms with Crippen molar-refractivity contribution in [1.29, 1.82) is 0 Å². The molecule has 0 saturated heterocycles. The number of halogens is 1. The molecule has 2 heterocycles. The third-order valence-electron chi connectivity index (χ3n) is 2.57. The highest BCUT2D eigenvalue weighted by molar-refractivity contribution is 7.10. The van der Waals surface area contributed by atoms with Gasteiger partial charge in [-0.15, -0.1) is 11.3 Å².